The highest BCUT2D eigenvalue weighted by Gasteiger charge is 2.23. The predicted molar refractivity (Wildman–Crippen MR) is 84.6 cm³/mol. The molecule has 1 aliphatic rings. The van der Waals surface area contributed by atoms with Crippen LogP contribution in [0.2, 0.25) is 0 Å². The monoisotopic (exact) mass is 279 g/mol. The first-order valence-corrected chi connectivity index (χ1v) is 7.22. The van der Waals surface area contributed by atoms with Gasteiger partial charge in [0.1, 0.15) is 11.5 Å². The molecule has 0 bridgehead atoms. The molecule has 4 rings (SSSR count). The van der Waals surface area contributed by atoms with Crippen molar-refractivity contribution in [1.82, 2.24) is 15.0 Å². The minimum Gasteiger partial charge on any atom is -0.363 e. The van der Waals surface area contributed by atoms with Gasteiger partial charge in [0, 0.05) is 13.2 Å². The summed E-state index contributed by atoms with van der Waals surface area (Å²) in [6, 6.07) is 11.0. The number of hydrogen-bond acceptors (Lipinski definition) is 4. The van der Waals surface area contributed by atoms with E-state index in [1.807, 2.05) is 19.3 Å². The van der Waals surface area contributed by atoms with Crippen molar-refractivity contribution < 1.29 is 0 Å². The Morgan fingerprint density at radius 2 is 2.10 bits per heavy atom. The van der Waals surface area contributed by atoms with E-state index in [-0.39, 0.29) is 0 Å². The number of rotatable bonds is 3. The molecule has 5 nitrogen and oxygen atoms in total. The first-order chi connectivity index (χ1) is 10.3. The van der Waals surface area contributed by atoms with Crippen LogP contribution in [0.3, 0.4) is 0 Å². The highest BCUT2D eigenvalue weighted by Crippen LogP contribution is 2.34. The fraction of sp³-hybridized carbons (Fsp3) is 0.250. The number of aromatic amines is 1. The Morgan fingerprint density at radius 3 is 3.00 bits per heavy atom. The molecule has 0 saturated carbocycles. The minimum absolute atomic E-state index is 0.318. The summed E-state index contributed by atoms with van der Waals surface area (Å²) < 4.78 is 0. The number of nitrogens with zero attached hydrogens (tertiary/aromatic N) is 2. The van der Waals surface area contributed by atoms with Crippen molar-refractivity contribution in [1.29, 1.82) is 0 Å². The molecular formula is C16H17N5. The fourth-order valence-corrected chi connectivity index (χ4v) is 3.04. The van der Waals surface area contributed by atoms with Crippen LogP contribution in [0.25, 0.3) is 11.0 Å². The molecule has 0 aliphatic heterocycles. The average molecular weight is 279 g/mol. The van der Waals surface area contributed by atoms with Gasteiger partial charge in [0.25, 0.3) is 0 Å². The molecule has 0 radical (unpaired) electrons. The molecule has 3 N–H and O–H groups in total. The number of H-pyrrole nitrogens is 1. The van der Waals surface area contributed by atoms with Gasteiger partial charge in [-0.15, -0.1) is 0 Å². The molecule has 2 aromatic heterocycles. The Labute approximate surface area is 122 Å². The number of fused-ring (bicyclic) bond motifs is 2. The summed E-state index contributed by atoms with van der Waals surface area (Å²) >= 11 is 0. The summed E-state index contributed by atoms with van der Waals surface area (Å²) in [5, 5.41) is 7.63. The SMILES string of the molecule is CNc1nc(NC2CCc3ccccc32)c2cc[nH]c2n1. The van der Waals surface area contributed by atoms with Gasteiger partial charge >= 0.3 is 0 Å². The third-order valence-electron chi connectivity index (χ3n) is 4.08. The lowest BCUT2D eigenvalue weighted by molar-refractivity contribution is 0.758. The molecule has 0 amide bonds. The molecule has 3 aromatic rings. The van der Waals surface area contributed by atoms with Crippen molar-refractivity contribution in [3.8, 4) is 0 Å². The van der Waals surface area contributed by atoms with Crippen LogP contribution in [0.5, 0.6) is 0 Å². The van der Waals surface area contributed by atoms with E-state index in [9.17, 15) is 0 Å². The van der Waals surface area contributed by atoms with Crippen LogP contribution in [0, 0.1) is 0 Å². The lowest BCUT2D eigenvalue weighted by atomic mass is 10.1. The lowest BCUT2D eigenvalue weighted by Crippen LogP contribution is -2.10. The average Bonchev–Trinajstić information content (AvgIpc) is 3.14. The van der Waals surface area contributed by atoms with Crippen LogP contribution in [-0.2, 0) is 6.42 Å². The van der Waals surface area contributed by atoms with Crippen molar-refractivity contribution in [3.05, 3.63) is 47.7 Å². The summed E-state index contributed by atoms with van der Waals surface area (Å²) in [5.41, 5.74) is 3.66. The van der Waals surface area contributed by atoms with Crippen LogP contribution >= 0.6 is 0 Å². The molecule has 1 unspecified atom stereocenters. The summed E-state index contributed by atoms with van der Waals surface area (Å²) in [7, 11) is 1.83. The largest absolute Gasteiger partial charge is 0.363 e. The topological polar surface area (TPSA) is 65.6 Å². The molecule has 1 aliphatic carbocycles. The van der Waals surface area contributed by atoms with Crippen molar-refractivity contribution in [2.75, 3.05) is 17.7 Å². The van der Waals surface area contributed by atoms with Gasteiger partial charge in [-0.2, -0.15) is 9.97 Å². The second kappa shape index (κ2) is 4.77. The van der Waals surface area contributed by atoms with Gasteiger partial charge in [0.15, 0.2) is 0 Å². The van der Waals surface area contributed by atoms with Gasteiger partial charge in [-0.25, -0.2) is 0 Å². The first-order valence-electron chi connectivity index (χ1n) is 7.22. The van der Waals surface area contributed by atoms with Crippen LogP contribution in [0.1, 0.15) is 23.6 Å². The summed E-state index contributed by atoms with van der Waals surface area (Å²) in [6.07, 6.45) is 4.12. The van der Waals surface area contributed by atoms with E-state index >= 15 is 0 Å². The van der Waals surface area contributed by atoms with Crippen molar-refractivity contribution >= 4 is 22.8 Å². The molecule has 0 fully saturated rings. The van der Waals surface area contributed by atoms with E-state index in [0.29, 0.717) is 12.0 Å². The molecule has 1 atom stereocenters. The maximum absolute atomic E-state index is 4.57. The van der Waals surface area contributed by atoms with Gasteiger partial charge < -0.3 is 15.6 Å². The second-order valence-corrected chi connectivity index (χ2v) is 5.32. The van der Waals surface area contributed by atoms with E-state index in [1.54, 1.807) is 0 Å². The molecule has 1 aromatic carbocycles. The zero-order valence-corrected chi connectivity index (χ0v) is 11.9. The second-order valence-electron chi connectivity index (χ2n) is 5.32. The summed E-state index contributed by atoms with van der Waals surface area (Å²) in [5.74, 6) is 1.51. The summed E-state index contributed by atoms with van der Waals surface area (Å²) in [4.78, 5) is 12.1. The molecule has 21 heavy (non-hydrogen) atoms. The zero-order valence-electron chi connectivity index (χ0n) is 11.9. The van der Waals surface area contributed by atoms with Gasteiger partial charge in [0.2, 0.25) is 5.95 Å². The van der Waals surface area contributed by atoms with E-state index in [1.165, 1.54) is 11.1 Å². The Bertz CT molecular complexity index is 792. The van der Waals surface area contributed by atoms with E-state index in [0.717, 1.165) is 29.7 Å². The number of aromatic nitrogens is 3. The van der Waals surface area contributed by atoms with Gasteiger partial charge in [-0.1, -0.05) is 24.3 Å². The standard InChI is InChI=1S/C16H17N5/c1-17-16-20-14-12(8-9-18-14)15(21-16)19-13-7-6-10-4-2-3-5-11(10)13/h2-5,8-9,13H,6-7H2,1H3,(H3,17,18,19,20,21). The van der Waals surface area contributed by atoms with Crippen LogP contribution < -0.4 is 10.6 Å². The van der Waals surface area contributed by atoms with E-state index in [2.05, 4.69) is 49.9 Å². The maximum Gasteiger partial charge on any atom is 0.226 e. The Kier molecular flexibility index (Phi) is 2.77. The number of benzene rings is 1. The Balaban J connectivity index is 1.73. The number of hydrogen-bond donors (Lipinski definition) is 3. The van der Waals surface area contributed by atoms with Crippen LogP contribution in [0.4, 0.5) is 11.8 Å². The number of aryl methyl sites for hydroxylation is 1. The predicted octanol–water partition coefficient (Wildman–Crippen LogP) is 3.10. The van der Waals surface area contributed by atoms with Gasteiger partial charge in [0.05, 0.1) is 11.4 Å². The third-order valence-corrected chi connectivity index (χ3v) is 4.08. The highest BCUT2D eigenvalue weighted by molar-refractivity contribution is 5.88. The zero-order chi connectivity index (χ0) is 14.2. The van der Waals surface area contributed by atoms with Crippen molar-refractivity contribution in [2.45, 2.75) is 18.9 Å². The maximum atomic E-state index is 4.57. The first kappa shape index (κ1) is 12.2. The van der Waals surface area contributed by atoms with Crippen LogP contribution in [0.15, 0.2) is 36.5 Å². The number of anilines is 2. The summed E-state index contributed by atoms with van der Waals surface area (Å²) in [6.45, 7) is 0. The molecule has 106 valence electrons. The normalized spacial score (nSPS) is 16.9. The Morgan fingerprint density at radius 1 is 1.19 bits per heavy atom. The fourth-order valence-electron chi connectivity index (χ4n) is 3.04. The third kappa shape index (κ3) is 2.01. The van der Waals surface area contributed by atoms with Crippen molar-refractivity contribution in [2.24, 2.45) is 0 Å². The smallest absolute Gasteiger partial charge is 0.226 e. The highest BCUT2D eigenvalue weighted by atomic mass is 15.2. The van der Waals surface area contributed by atoms with E-state index < -0.39 is 0 Å². The van der Waals surface area contributed by atoms with Gasteiger partial charge in [-0.3, -0.25) is 0 Å². The Hall–Kier alpha value is -2.56. The van der Waals surface area contributed by atoms with E-state index in [4.69, 9.17) is 0 Å². The van der Waals surface area contributed by atoms with Gasteiger partial charge in [-0.05, 0) is 30.0 Å². The molecular weight excluding hydrogens is 262 g/mol. The minimum atomic E-state index is 0.318. The molecule has 0 saturated heterocycles. The van der Waals surface area contributed by atoms with Crippen molar-refractivity contribution in [3.63, 3.8) is 0 Å². The quantitative estimate of drug-likeness (QED) is 0.689. The molecule has 2 heterocycles. The number of nitrogens with one attached hydrogen (secondary N) is 3. The van der Waals surface area contributed by atoms with Crippen LogP contribution in [-0.4, -0.2) is 22.0 Å². The molecule has 0 spiro atoms. The lowest BCUT2D eigenvalue weighted by Gasteiger charge is -2.16. The molecule has 5 heteroatoms.